The molecule has 0 radical (unpaired) electrons. The number of carbonyl (C=O) groups excluding carboxylic acids is 2. The van der Waals surface area contributed by atoms with Gasteiger partial charge in [0.25, 0.3) is 0 Å². The molecule has 38 heavy (non-hydrogen) atoms. The monoisotopic (exact) mass is 528 g/mol. The minimum Gasteiger partial charge on any atom is -0.436 e. The number of aliphatic hydroxyl groups is 1. The zero-order valence-corrected chi connectivity index (χ0v) is 24.6. The Bertz CT molecular complexity index is 1080. The summed E-state index contributed by atoms with van der Waals surface area (Å²) >= 11 is 0. The van der Waals surface area contributed by atoms with Gasteiger partial charge in [0, 0.05) is 30.1 Å². The fourth-order valence-corrected chi connectivity index (χ4v) is 10.8. The lowest BCUT2D eigenvalue weighted by molar-refractivity contribution is -0.196. The quantitative estimate of drug-likeness (QED) is 0.291. The highest BCUT2D eigenvalue weighted by Crippen LogP contribution is 2.73. The molecule has 2 saturated heterocycles. The van der Waals surface area contributed by atoms with Crippen molar-refractivity contribution in [2.45, 2.75) is 131 Å². The van der Waals surface area contributed by atoms with Gasteiger partial charge in [-0.3, -0.25) is 9.59 Å². The summed E-state index contributed by atoms with van der Waals surface area (Å²) in [4.78, 5) is 25.0. The lowest BCUT2D eigenvalue weighted by atomic mass is 9.37. The Hall–Kier alpha value is -1.24. The molecule has 0 unspecified atom stereocenters. The maximum Gasteiger partial charge on any atom is 0.304 e. The summed E-state index contributed by atoms with van der Waals surface area (Å²) in [5.41, 5.74) is 0.442. The van der Waals surface area contributed by atoms with Crippen LogP contribution in [0.1, 0.15) is 100 Å². The van der Waals surface area contributed by atoms with E-state index in [1.165, 1.54) is 12.5 Å². The second-order valence-electron chi connectivity index (χ2n) is 15.4. The molecule has 1 N–H and O–H groups in total. The topological polar surface area (TPSA) is 85.4 Å². The number of ketones is 1. The molecule has 3 saturated carbocycles. The van der Waals surface area contributed by atoms with Crippen LogP contribution in [-0.4, -0.2) is 47.1 Å². The smallest absolute Gasteiger partial charge is 0.304 e. The third kappa shape index (κ3) is 3.48. The van der Waals surface area contributed by atoms with Gasteiger partial charge < -0.3 is 19.3 Å². The maximum atomic E-state index is 13.0. The third-order valence-corrected chi connectivity index (χ3v) is 12.8. The molecule has 2 aliphatic heterocycles. The number of allylic oxidation sites excluding steroid dienone is 1. The van der Waals surface area contributed by atoms with Crippen molar-refractivity contribution < 1.29 is 28.9 Å². The Morgan fingerprint density at radius 2 is 1.74 bits per heavy atom. The first-order valence-electron chi connectivity index (χ1n) is 15.0. The summed E-state index contributed by atoms with van der Waals surface area (Å²) in [7, 11) is 0. The first-order chi connectivity index (χ1) is 17.6. The SMILES string of the molecule is CC(=O)O[C@@H]1O[C@H]([C@H]2OC2(C)C)C[C@@H]1[C@@H]1CC=C2[C@]3(C)[C@H](O)C[C@H]4C(C)(C)C(=O)CC[C@]4(C)[C@H]3CC[C@]21C. The van der Waals surface area contributed by atoms with Crippen LogP contribution in [0.2, 0.25) is 0 Å². The van der Waals surface area contributed by atoms with E-state index in [9.17, 15) is 14.7 Å². The van der Waals surface area contributed by atoms with Crippen molar-refractivity contribution in [1.29, 1.82) is 0 Å². The molecule has 0 spiro atoms. The van der Waals surface area contributed by atoms with Crippen molar-refractivity contribution >= 4 is 11.8 Å². The van der Waals surface area contributed by atoms with Gasteiger partial charge in [-0.25, -0.2) is 0 Å². The van der Waals surface area contributed by atoms with E-state index in [2.05, 4.69) is 54.5 Å². The number of esters is 1. The average Bonchev–Trinajstić information content (AvgIpc) is 3.11. The van der Waals surface area contributed by atoms with Gasteiger partial charge in [0.15, 0.2) is 0 Å². The molecule has 212 valence electrons. The molecule has 0 aromatic heterocycles. The summed E-state index contributed by atoms with van der Waals surface area (Å²) in [5.74, 6) is 0.968. The van der Waals surface area contributed by atoms with Gasteiger partial charge in [-0.2, -0.15) is 0 Å². The van der Waals surface area contributed by atoms with E-state index in [1.54, 1.807) is 0 Å². The van der Waals surface area contributed by atoms with Crippen molar-refractivity contribution in [1.82, 2.24) is 0 Å². The summed E-state index contributed by atoms with van der Waals surface area (Å²) in [5, 5.41) is 11.9. The molecule has 0 aromatic rings. The molecule has 6 aliphatic rings. The molecular formula is C32H48O6. The highest BCUT2D eigenvalue weighted by Gasteiger charge is 2.69. The second-order valence-corrected chi connectivity index (χ2v) is 15.4. The first-order valence-corrected chi connectivity index (χ1v) is 15.0. The van der Waals surface area contributed by atoms with Crippen molar-refractivity contribution in [3.8, 4) is 0 Å². The lowest BCUT2D eigenvalue weighted by Gasteiger charge is -2.67. The maximum absolute atomic E-state index is 13.0. The zero-order valence-electron chi connectivity index (χ0n) is 24.6. The zero-order chi connectivity index (χ0) is 27.6. The normalized spacial score (nSPS) is 52.4. The fraction of sp³-hybridized carbons (Fsp3) is 0.875. The Labute approximate surface area is 228 Å². The average molecular weight is 529 g/mol. The summed E-state index contributed by atoms with van der Waals surface area (Å²) in [6.45, 7) is 17.0. The first kappa shape index (κ1) is 27.0. The molecule has 0 bridgehead atoms. The van der Waals surface area contributed by atoms with Crippen molar-refractivity contribution in [3.05, 3.63) is 11.6 Å². The predicted octanol–water partition coefficient (Wildman–Crippen LogP) is 5.60. The lowest BCUT2D eigenvalue weighted by Crippen LogP contribution is -2.65. The number of carbonyl (C=O) groups is 2. The number of rotatable bonds is 3. The highest BCUT2D eigenvalue weighted by atomic mass is 16.7. The molecule has 11 atom stereocenters. The Kier molecular flexibility index (Phi) is 5.79. The Morgan fingerprint density at radius 3 is 2.37 bits per heavy atom. The van der Waals surface area contributed by atoms with Crippen LogP contribution in [0, 0.1) is 45.3 Å². The van der Waals surface area contributed by atoms with E-state index < -0.39 is 17.8 Å². The largest absolute Gasteiger partial charge is 0.436 e. The number of fused-ring (bicyclic) bond motifs is 5. The van der Waals surface area contributed by atoms with Crippen LogP contribution >= 0.6 is 0 Å². The molecule has 2 heterocycles. The van der Waals surface area contributed by atoms with Crippen LogP contribution in [0.4, 0.5) is 0 Å². The Balaban J connectivity index is 1.31. The molecule has 0 aromatic carbocycles. The molecule has 4 aliphatic carbocycles. The van der Waals surface area contributed by atoms with E-state index >= 15 is 0 Å². The standard InChI is InChI=1S/C32H48O6/c1-17(33)36-27-18(15-20(37-27)26-29(4,5)38-26)19-9-10-21-30(19,6)13-11-22-31(7)14-12-24(34)28(2,3)23(31)16-25(35)32(21,22)8/h10,18-20,22-23,25-27,35H,9,11-16H2,1-8H3/t18-,19+,20+,22-,23+,25-,26-,27-,30+,31-,32+/m1/s1. The minimum atomic E-state index is -0.555. The van der Waals surface area contributed by atoms with Crippen molar-refractivity contribution in [2.24, 2.45) is 45.3 Å². The van der Waals surface area contributed by atoms with Crippen LogP contribution < -0.4 is 0 Å². The van der Waals surface area contributed by atoms with E-state index in [0.29, 0.717) is 24.5 Å². The van der Waals surface area contributed by atoms with Gasteiger partial charge >= 0.3 is 5.97 Å². The molecule has 6 nitrogen and oxygen atoms in total. The molecule has 6 rings (SSSR count). The number of hydrogen-bond acceptors (Lipinski definition) is 6. The van der Waals surface area contributed by atoms with E-state index in [1.807, 2.05) is 0 Å². The number of Topliss-reactive ketones (excluding diaryl/α,β-unsaturated/α-hetero) is 1. The van der Waals surface area contributed by atoms with Crippen molar-refractivity contribution in [2.75, 3.05) is 0 Å². The highest BCUT2D eigenvalue weighted by molar-refractivity contribution is 5.85. The van der Waals surface area contributed by atoms with Gasteiger partial charge in [-0.05, 0) is 81.0 Å². The van der Waals surface area contributed by atoms with Gasteiger partial charge in [-0.1, -0.05) is 46.3 Å². The van der Waals surface area contributed by atoms with Crippen LogP contribution in [0.5, 0.6) is 0 Å². The van der Waals surface area contributed by atoms with Gasteiger partial charge in [-0.15, -0.1) is 0 Å². The summed E-state index contributed by atoms with van der Waals surface area (Å²) < 4.78 is 18.1. The predicted molar refractivity (Wildman–Crippen MR) is 143 cm³/mol. The minimum absolute atomic E-state index is 0.0301. The Morgan fingerprint density at radius 1 is 1.05 bits per heavy atom. The number of ether oxygens (including phenoxy) is 3. The van der Waals surface area contributed by atoms with Crippen molar-refractivity contribution in [3.63, 3.8) is 0 Å². The second kappa shape index (κ2) is 8.16. The molecular weight excluding hydrogens is 480 g/mol. The van der Waals surface area contributed by atoms with Gasteiger partial charge in [0.05, 0.1) is 17.8 Å². The molecule has 5 fully saturated rings. The fourth-order valence-electron chi connectivity index (χ4n) is 10.8. The van der Waals surface area contributed by atoms with E-state index in [4.69, 9.17) is 14.2 Å². The van der Waals surface area contributed by atoms with Crippen LogP contribution in [0.25, 0.3) is 0 Å². The summed E-state index contributed by atoms with van der Waals surface area (Å²) in [6.07, 6.45) is 7.45. The van der Waals surface area contributed by atoms with E-state index in [0.717, 1.165) is 32.1 Å². The number of aliphatic hydroxyl groups excluding tert-OH is 1. The van der Waals surface area contributed by atoms with Gasteiger partial charge in [0.2, 0.25) is 6.29 Å². The van der Waals surface area contributed by atoms with E-state index in [-0.39, 0.29) is 57.8 Å². The third-order valence-electron chi connectivity index (χ3n) is 12.8. The number of hydrogen-bond donors (Lipinski definition) is 1. The van der Waals surface area contributed by atoms with Crippen LogP contribution in [0.3, 0.4) is 0 Å². The number of epoxide rings is 1. The van der Waals surface area contributed by atoms with Crippen LogP contribution in [0.15, 0.2) is 11.6 Å². The van der Waals surface area contributed by atoms with Gasteiger partial charge in [0.1, 0.15) is 11.9 Å². The molecule has 6 heteroatoms. The summed E-state index contributed by atoms with van der Waals surface area (Å²) in [6, 6.07) is 0. The molecule has 0 amide bonds. The van der Waals surface area contributed by atoms with Crippen LogP contribution in [-0.2, 0) is 23.8 Å².